The van der Waals surface area contributed by atoms with Gasteiger partial charge >= 0.3 is 5.69 Å². The van der Waals surface area contributed by atoms with E-state index >= 15 is 0 Å². The van der Waals surface area contributed by atoms with Crippen LogP contribution in [0.4, 0.5) is 11.6 Å². The van der Waals surface area contributed by atoms with Gasteiger partial charge in [-0.05, 0) is 30.2 Å². The summed E-state index contributed by atoms with van der Waals surface area (Å²) in [5, 5.41) is 0. The van der Waals surface area contributed by atoms with Crippen molar-refractivity contribution in [2.75, 3.05) is 51.4 Å². The van der Waals surface area contributed by atoms with E-state index in [0.717, 1.165) is 31.1 Å². The first-order valence-corrected chi connectivity index (χ1v) is 11.4. The third kappa shape index (κ3) is 3.83. The van der Waals surface area contributed by atoms with Gasteiger partial charge in [0.1, 0.15) is 5.75 Å². The number of morpholine rings is 1. The van der Waals surface area contributed by atoms with Crippen molar-refractivity contribution in [3.05, 3.63) is 45.1 Å². The Labute approximate surface area is 191 Å². The molecule has 0 saturated carbocycles. The molecule has 0 radical (unpaired) electrons. The summed E-state index contributed by atoms with van der Waals surface area (Å²) in [4.78, 5) is 35.7. The minimum absolute atomic E-state index is 0.274. The molecule has 1 aromatic carbocycles. The molecule has 176 valence electrons. The highest BCUT2D eigenvalue weighted by Crippen LogP contribution is 2.33. The van der Waals surface area contributed by atoms with Gasteiger partial charge in [-0.15, -0.1) is 0 Å². The molecule has 2 aliphatic rings. The molecule has 5 rings (SSSR count). The Morgan fingerprint density at radius 1 is 1.09 bits per heavy atom. The van der Waals surface area contributed by atoms with Gasteiger partial charge in [-0.25, -0.2) is 4.79 Å². The zero-order valence-corrected chi connectivity index (χ0v) is 19.4. The zero-order chi connectivity index (χ0) is 23.1. The van der Waals surface area contributed by atoms with Crippen molar-refractivity contribution in [3.8, 4) is 5.75 Å². The molecule has 2 aliphatic heterocycles. The highest BCUT2D eigenvalue weighted by atomic mass is 16.5. The number of methoxy groups -OCH3 is 1. The van der Waals surface area contributed by atoms with E-state index in [1.807, 2.05) is 28.8 Å². The van der Waals surface area contributed by atoms with Crippen molar-refractivity contribution >= 4 is 22.8 Å². The lowest BCUT2D eigenvalue weighted by atomic mass is 10.1. The highest BCUT2D eigenvalue weighted by Gasteiger charge is 2.30. The normalized spacial score (nSPS) is 19.1. The summed E-state index contributed by atoms with van der Waals surface area (Å²) in [7, 11) is 3.33. The van der Waals surface area contributed by atoms with Crippen molar-refractivity contribution in [2.24, 2.45) is 13.0 Å². The molecule has 3 aromatic rings. The number of benzene rings is 1. The van der Waals surface area contributed by atoms with Gasteiger partial charge in [0.25, 0.3) is 5.56 Å². The van der Waals surface area contributed by atoms with Gasteiger partial charge in [0.2, 0.25) is 5.95 Å². The number of nitrogens with zero attached hydrogens (tertiary/aromatic N) is 6. The first kappa shape index (κ1) is 21.7. The number of hydrogen-bond donors (Lipinski definition) is 0. The average Bonchev–Trinajstić information content (AvgIpc) is 3.22. The monoisotopic (exact) mass is 454 g/mol. The van der Waals surface area contributed by atoms with Crippen molar-refractivity contribution < 1.29 is 9.47 Å². The maximum Gasteiger partial charge on any atom is 0.332 e. The van der Waals surface area contributed by atoms with Crippen LogP contribution in [-0.2, 0) is 24.9 Å². The Morgan fingerprint density at radius 2 is 1.82 bits per heavy atom. The van der Waals surface area contributed by atoms with Crippen LogP contribution in [0.2, 0.25) is 0 Å². The SMILES string of the molecule is COc1ccc(N2C[C@H](C)Cn3c2nc2c3c(=O)n(CCN3CCOCC3)c(=O)n2C)cc1. The molecule has 0 aliphatic carbocycles. The maximum absolute atomic E-state index is 13.6. The number of aryl methyl sites for hydroxylation is 1. The Kier molecular flexibility index (Phi) is 5.71. The number of fused-ring (bicyclic) bond motifs is 3. The third-order valence-corrected chi connectivity index (χ3v) is 6.57. The van der Waals surface area contributed by atoms with Gasteiger partial charge < -0.3 is 18.9 Å². The predicted octanol–water partition coefficient (Wildman–Crippen LogP) is 1.03. The molecule has 0 bridgehead atoms. The second-order valence-electron chi connectivity index (χ2n) is 8.86. The molecular weight excluding hydrogens is 424 g/mol. The lowest BCUT2D eigenvalue weighted by molar-refractivity contribution is 0.0361. The van der Waals surface area contributed by atoms with E-state index < -0.39 is 0 Å². The lowest BCUT2D eigenvalue weighted by Gasteiger charge is -2.33. The molecule has 2 aromatic heterocycles. The first-order chi connectivity index (χ1) is 16.0. The summed E-state index contributed by atoms with van der Waals surface area (Å²) in [6.07, 6.45) is 0. The van der Waals surface area contributed by atoms with Crippen LogP contribution in [-0.4, -0.2) is 70.1 Å². The minimum atomic E-state index is -0.333. The van der Waals surface area contributed by atoms with E-state index in [1.54, 1.807) is 14.2 Å². The molecule has 33 heavy (non-hydrogen) atoms. The van der Waals surface area contributed by atoms with E-state index in [4.69, 9.17) is 14.5 Å². The van der Waals surface area contributed by atoms with Crippen molar-refractivity contribution in [2.45, 2.75) is 20.0 Å². The summed E-state index contributed by atoms with van der Waals surface area (Å²) >= 11 is 0. The standard InChI is InChI=1S/C23H30N6O4/c1-16-14-28(17-4-6-18(32-3)7-5-17)22-24-20-19(29(22)15-16)21(30)27(23(31)25(20)2)9-8-26-10-12-33-13-11-26/h4-7,16H,8-15H2,1-3H3/t16-/m0/s1. The van der Waals surface area contributed by atoms with Crippen LogP contribution >= 0.6 is 0 Å². The average molecular weight is 455 g/mol. The van der Waals surface area contributed by atoms with Crippen LogP contribution in [0.25, 0.3) is 11.2 Å². The smallest absolute Gasteiger partial charge is 0.332 e. The van der Waals surface area contributed by atoms with E-state index in [2.05, 4.69) is 16.7 Å². The van der Waals surface area contributed by atoms with Crippen LogP contribution in [0.5, 0.6) is 5.75 Å². The molecule has 0 unspecified atom stereocenters. The van der Waals surface area contributed by atoms with Gasteiger partial charge in [-0.2, -0.15) is 4.98 Å². The highest BCUT2D eigenvalue weighted by molar-refractivity contribution is 5.77. The number of hydrogen-bond acceptors (Lipinski definition) is 7. The molecule has 1 saturated heterocycles. The lowest BCUT2D eigenvalue weighted by Crippen LogP contribution is -2.44. The molecule has 0 N–H and O–H groups in total. The molecule has 1 fully saturated rings. The van der Waals surface area contributed by atoms with Crippen LogP contribution in [0.1, 0.15) is 6.92 Å². The third-order valence-electron chi connectivity index (χ3n) is 6.57. The van der Waals surface area contributed by atoms with Gasteiger partial charge in [-0.1, -0.05) is 6.92 Å². The topological polar surface area (TPSA) is 86.8 Å². The predicted molar refractivity (Wildman–Crippen MR) is 126 cm³/mol. The second-order valence-corrected chi connectivity index (χ2v) is 8.86. The zero-order valence-electron chi connectivity index (χ0n) is 19.4. The van der Waals surface area contributed by atoms with E-state index in [1.165, 1.54) is 9.13 Å². The van der Waals surface area contributed by atoms with Crippen LogP contribution in [0, 0.1) is 5.92 Å². The minimum Gasteiger partial charge on any atom is -0.497 e. The van der Waals surface area contributed by atoms with Crippen LogP contribution < -0.4 is 20.9 Å². The first-order valence-electron chi connectivity index (χ1n) is 11.4. The fourth-order valence-corrected chi connectivity index (χ4v) is 4.75. The van der Waals surface area contributed by atoms with Crippen LogP contribution in [0.3, 0.4) is 0 Å². The van der Waals surface area contributed by atoms with E-state index in [0.29, 0.717) is 55.9 Å². The van der Waals surface area contributed by atoms with Crippen molar-refractivity contribution in [1.82, 2.24) is 23.6 Å². The fourth-order valence-electron chi connectivity index (χ4n) is 4.75. The summed E-state index contributed by atoms with van der Waals surface area (Å²) in [5.74, 6) is 1.77. The van der Waals surface area contributed by atoms with Gasteiger partial charge in [0.15, 0.2) is 11.2 Å². The van der Waals surface area contributed by atoms with Gasteiger partial charge in [0.05, 0.1) is 20.3 Å². The molecule has 1 atom stereocenters. The number of aromatic nitrogens is 4. The molecule has 0 spiro atoms. The van der Waals surface area contributed by atoms with Crippen molar-refractivity contribution in [1.29, 1.82) is 0 Å². The Morgan fingerprint density at radius 3 is 2.52 bits per heavy atom. The summed E-state index contributed by atoms with van der Waals surface area (Å²) < 4.78 is 15.5. The number of rotatable bonds is 5. The molecular formula is C23H30N6O4. The maximum atomic E-state index is 13.6. The summed E-state index contributed by atoms with van der Waals surface area (Å²) in [6, 6.07) is 7.80. The van der Waals surface area contributed by atoms with E-state index in [9.17, 15) is 9.59 Å². The van der Waals surface area contributed by atoms with Crippen molar-refractivity contribution in [3.63, 3.8) is 0 Å². The molecule has 10 heteroatoms. The molecule has 0 amide bonds. The quantitative estimate of drug-likeness (QED) is 0.569. The van der Waals surface area contributed by atoms with Crippen LogP contribution in [0.15, 0.2) is 33.9 Å². The Balaban J connectivity index is 1.58. The molecule has 10 nitrogen and oxygen atoms in total. The summed E-state index contributed by atoms with van der Waals surface area (Å²) in [6.45, 7) is 7.58. The fraction of sp³-hybridized carbons (Fsp3) is 0.522. The number of imidazole rings is 1. The summed E-state index contributed by atoms with van der Waals surface area (Å²) in [5.41, 5.74) is 1.27. The Bertz CT molecular complexity index is 1270. The van der Waals surface area contributed by atoms with Gasteiger partial charge in [-0.3, -0.25) is 18.8 Å². The second kappa shape index (κ2) is 8.68. The largest absolute Gasteiger partial charge is 0.497 e. The Hall–Kier alpha value is -3.11. The molecule has 4 heterocycles. The number of anilines is 2. The van der Waals surface area contributed by atoms with E-state index in [-0.39, 0.29) is 11.2 Å². The number of ether oxygens (including phenoxy) is 2. The van der Waals surface area contributed by atoms with Gasteiger partial charge in [0, 0.05) is 52.0 Å².